The molecule has 6 nitrogen and oxygen atoms in total. The van der Waals surface area contributed by atoms with Gasteiger partial charge in [-0.2, -0.15) is 0 Å². The summed E-state index contributed by atoms with van der Waals surface area (Å²) in [6.07, 6.45) is -0.662. The van der Waals surface area contributed by atoms with Gasteiger partial charge in [0.05, 0.1) is 5.39 Å². The van der Waals surface area contributed by atoms with Crippen molar-refractivity contribution in [3.05, 3.63) is 60.7 Å². The van der Waals surface area contributed by atoms with E-state index >= 15 is 0 Å². The third-order valence-electron chi connectivity index (χ3n) is 3.70. The summed E-state index contributed by atoms with van der Waals surface area (Å²) in [5.74, 6) is 0.694. The van der Waals surface area contributed by atoms with Crippen LogP contribution in [-0.4, -0.2) is 11.2 Å². The van der Waals surface area contributed by atoms with Gasteiger partial charge in [-0.05, 0) is 23.6 Å². The number of amides is 1. The molecule has 6 heteroatoms. The topological polar surface area (TPSA) is 90.4 Å². The Morgan fingerprint density at radius 1 is 1.04 bits per heavy atom. The molecule has 0 aliphatic rings. The number of aromatic nitrogens is 1. The van der Waals surface area contributed by atoms with Crippen molar-refractivity contribution in [2.45, 2.75) is 0 Å². The average Bonchev–Trinajstić information content (AvgIpc) is 2.99. The summed E-state index contributed by atoms with van der Waals surface area (Å²) in [5.41, 5.74) is 6.87. The highest BCUT2D eigenvalue weighted by Crippen LogP contribution is 2.29. The van der Waals surface area contributed by atoms with Crippen LogP contribution in [0.5, 0.6) is 5.75 Å². The molecule has 0 saturated heterocycles. The number of hydrogen-bond acceptors (Lipinski definition) is 5. The Labute approximate surface area is 136 Å². The number of ether oxygens (including phenoxy) is 1. The Hall–Kier alpha value is -3.54. The zero-order chi connectivity index (χ0) is 16.5. The maximum Gasteiger partial charge on any atom is 0.418 e. The van der Waals surface area contributed by atoms with Gasteiger partial charge in [-0.3, -0.25) is 5.32 Å². The van der Waals surface area contributed by atoms with Crippen LogP contribution in [0.25, 0.3) is 21.7 Å². The summed E-state index contributed by atoms with van der Waals surface area (Å²) in [7, 11) is 0. The number of carbonyl (C=O) groups excluding carboxylic acids is 1. The Kier molecular flexibility index (Phi) is 3.28. The van der Waals surface area contributed by atoms with Crippen LogP contribution in [0.1, 0.15) is 0 Å². The molecule has 0 bridgehead atoms. The summed E-state index contributed by atoms with van der Waals surface area (Å²) in [5, 5.41) is 8.79. The van der Waals surface area contributed by atoms with Gasteiger partial charge in [-0.1, -0.05) is 47.6 Å². The predicted molar refractivity (Wildman–Crippen MR) is 92.0 cm³/mol. The van der Waals surface area contributed by atoms with Gasteiger partial charge in [0, 0.05) is 11.1 Å². The number of nitrogens with two attached hydrogens (primary N) is 1. The van der Waals surface area contributed by atoms with E-state index in [-0.39, 0.29) is 5.82 Å². The second kappa shape index (κ2) is 5.58. The third kappa shape index (κ3) is 2.40. The number of carbonyl (C=O) groups is 1. The summed E-state index contributed by atoms with van der Waals surface area (Å²) < 4.78 is 10.6. The molecule has 3 aromatic carbocycles. The van der Waals surface area contributed by atoms with E-state index in [0.29, 0.717) is 22.4 Å². The SMILES string of the molecule is Nc1cccc2onc(NC(=O)Oc3cccc4ccccc34)c12. The molecule has 1 aromatic heterocycles. The zero-order valence-electron chi connectivity index (χ0n) is 12.5. The van der Waals surface area contributed by atoms with Gasteiger partial charge in [0.2, 0.25) is 0 Å². The lowest BCUT2D eigenvalue weighted by atomic mass is 10.1. The monoisotopic (exact) mass is 319 g/mol. The highest BCUT2D eigenvalue weighted by molar-refractivity contribution is 6.03. The molecule has 0 saturated carbocycles. The molecule has 3 N–H and O–H groups in total. The number of fused-ring (bicyclic) bond motifs is 2. The smallest absolute Gasteiger partial charge is 0.409 e. The first kappa shape index (κ1) is 14.1. The number of benzene rings is 3. The second-order valence-corrected chi connectivity index (χ2v) is 5.24. The lowest BCUT2D eigenvalue weighted by Gasteiger charge is -2.08. The number of hydrogen-bond donors (Lipinski definition) is 2. The Morgan fingerprint density at radius 3 is 2.75 bits per heavy atom. The molecule has 1 amide bonds. The van der Waals surface area contributed by atoms with Crippen molar-refractivity contribution in [3.8, 4) is 5.75 Å². The van der Waals surface area contributed by atoms with Gasteiger partial charge >= 0.3 is 6.09 Å². The summed E-state index contributed by atoms with van der Waals surface area (Å²) in [4.78, 5) is 12.2. The minimum absolute atomic E-state index is 0.230. The van der Waals surface area contributed by atoms with Crippen LogP contribution in [0.15, 0.2) is 65.2 Å². The normalized spacial score (nSPS) is 10.8. The van der Waals surface area contributed by atoms with Gasteiger partial charge in [-0.25, -0.2) is 4.79 Å². The van der Waals surface area contributed by atoms with E-state index in [1.807, 2.05) is 36.4 Å². The van der Waals surface area contributed by atoms with Crippen LogP contribution in [0, 0.1) is 0 Å². The number of rotatable bonds is 2. The molecule has 0 unspecified atom stereocenters. The lowest BCUT2D eigenvalue weighted by molar-refractivity contribution is 0.215. The highest BCUT2D eigenvalue weighted by atomic mass is 16.6. The third-order valence-corrected chi connectivity index (χ3v) is 3.70. The van der Waals surface area contributed by atoms with E-state index in [0.717, 1.165) is 10.8 Å². The van der Waals surface area contributed by atoms with E-state index in [1.165, 1.54) is 0 Å². The average molecular weight is 319 g/mol. The van der Waals surface area contributed by atoms with Gasteiger partial charge in [-0.15, -0.1) is 0 Å². The number of nitrogen functional groups attached to an aromatic ring is 1. The first-order chi connectivity index (χ1) is 11.7. The number of anilines is 2. The molecule has 0 fully saturated rings. The van der Waals surface area contributed by atoms with Crippen LogP contribution in [0.2, 0.25) is 0 Å². The number of nitrogens with one attached hydrogen (secondary N) is 1. The Balaban J connectivity index is 1.62. The second-order valence-electron chi connectivity index (χ2n) is 5.24. The van der Waals surface area contributed by atoms with E-state index in [9.17, 15) is 4.79 Å². The molecular formula is C18H13N3O3. The fraction of sp³-hybridized carbons (Fsp3) is 0. The molecule has 4 rings (SSSR count). The van der Waals surface area contributed by atoms with E-state index in [2.05, 4.69) is 10.5 Å². The minimum Gasteiger partial charge on any atom is -0.409 e. The molecule has 118 valence electrons. The van der Waals surface area contributed by atoms with Gasteiger partial charge in [0.15, 0.2) is 11.4 Å². The fourth-order valence-corrected chi connectivity index (χ4v) is 2.61. The Bertz CT molecular complexity index is 1050. The van der Waals surface area contributed by atoms with Crippen molar-refractivity contribution in [1.29, 1.82) is 0 Å². The predicted octanol–water partition coefficient (Wildman–Crippen LogP) is 4.17. The van der Waals surface area contributed by atoms with Gasteiger partial charge in [0.25, 0.3) is 0 Å². The largest absolute Gasteiger partial charge is 0.418 e. The summed E-state index contributed by atoms with van der Waals surface area (Å²) >= 11 is 0. The number of nitrogens with zero attached hydrogens (tertiary/aromatic N) is 1. The zero-order valence-corrected chi connectivity index (χ0v) is 12.5. The van der Waals surface area contributed by atoms with Crippen molar-refractivity contribution in [1.82, 2.24) is 5.16 Å². The van der Waals surface area contributed by atoms with Crippen LogP contribution in [0.4, 0.5) is 16.3 Å². The van der Waals surface area contributed by atoms with Crippen molar-refractivity contribution >= 4 is 39.3 Å². The van der Waals surface area contributed by atoms with E-state index in [1.54, 1.807) is 24.3 Å². The molecule has 0 radical (unpaired) electrons. The fourth-order valence-electron chi connectivity index (χ4n) is 2.61. The maximum absolute atomic E-state index is 12.2. The highest BCUT2D eigenvalue weighted by Gasteiger charge is 2.15. The van der Waals surface area contributed by atoms with Crippen LogP contribution in [-0.2, 0) is 0 Å². The minimum atomic E-state index is -0.662. The quantitative estimate of drug-likeness (QED) is 0.541. The van der Waals surface area contributed by atoms with Crippen LogP contribution < -0.4 is 15.8 Å². The molecular weight excluding hydrogens is 306 g/mol. The molecule has 0 atom stereocenters. The van der Waals surface area contributed by atoms with Crippen molar-refractivity contribution < 1.29 is 14.1 Å². The van der Waals surface area contributed by atoms with Crippen LogP contribution >= 0.6 is 0 Å². The van der Waals surface area contributed by atoms with Crippen molar-refractivity contribution in [2.24, 2.45) is 0 Å². The molecule has 24 heavy (non-hydrogen) atoms. The standard InChI is InChI=1S/C18H13N3O3/c19-13-8-4-10-15-16(13)17(21-24-15)20-18(22)23-14-9-3-6-11-5-1-2-7-12(11)14/h1-10H,19H2,(H,20,21,22). The molecule has 0 aliphatic carbocycles. The lowest BCUT2D eigenvalue weighted by Crippen LogP contribution is -2.17. The molecule has 0 spiro atoms. The first-order valence-corrected chi connectivity index (χ1v) is 7.33. The van der Waals surface area contributed by atoms with Gasteiger partial charge in [0.1, 0.15) is 5.75 Å². The first-order valence-electron chi connectivity index (χ1n) is 7.33. The summed E-state index contributed by atoms with van der Waals surface area (Å²) in [6.45, 7) is 0. The van der Waals surface area contributed by atoms with E-state index < -0.39 is 6.09 Å². The maximum atomic E-state index is 12.2. The molecule has 0 aliphatic heterocycles. The molecule has 4 aromatic rings. The molecule has 1 heterocycles. The van der Waals surface area contributed by atoms with Gasteiger partial charge < -0.3 is 15.0 Å². The van der Waals surface area contributed by atoms with Crippen molar-refractivity contribution in [3.63, 3.8) is 0 Å². The van der Waals surface area contributed by atoms with Crippen molar-refractivity contribution in [2.75, 3.05) is 11.1 Å². The Morgan fingerprint density at radius 2 is 1.83 bits per heavy atom. The van der Waals surface area contributed by atoms with Crippen LogP contribution in [0.3, 0.4) is 0 Å². The van der Waals surface area contributed by atoms with E-state index in [4.69, 9.17) is 15.0 Å². The summed E-state index contributed by atoms with van der Waals surface area (Å²) in [6, 6.07) is 18.3.